The second kappa shape index (κ2) is 11.6. The van der Waals surface area contributed by atoms with Crippen molar-refractivity contribution in [3.05, 3.63) is 47.8 Å². The van der Waals surface area contributed by atoms with E-state index in [-0.39, 0.29) is 0 Å². The number of hydrogen-bond acceptors (Lipinski definition) is 5. The molecule has 8 heteroatoms. The van der Waals surface area contributed by atoms with Crippen LogP contribution < -0.4 is 15.4 Å². The molecule has 2 rings (SSSR count). The van der Waals surface area contributed by atoms with Crippen molar-refractivity contribution >= 4 is 5.96 Å². The number of hydrogen-bond donors (Lipinski definition) is 3. The number of aryl methyl sites for hydroxylation is 1. The van der Waals surface area contributed by atoms with Crippen molar-refractivity contribution in [3.8, 4) is 5.75 Å². The predicted octanol–water partition coefficient (Wildman–Crippen LogP) is 1.71. The Morgan fingerprint density at radius 3 is 2.60 bits per heavy atom. The second-order valence-electron chi connectivity index (χ2n) is 7.87. The van der Waals surface area contributed by atoms with E-state index in [1.165, 1.54) is 0 Å². The van der Waals surface area contributed by atoms with Gasteiger partial charge in [-0.2, -0.15) is 5.10 Å². The van der Waals surface area contributed by atoms with E-state index in [2.05, 4.69) is 39.7 Å². The molecule has 0 aliphatic heterocycles. The summed E-state index contributed by atoms with van der Waals surface area (Å²) in [4.78, 5) is 6.78. The summed E-state index contributed by atoms with van der Waals surface area (Å²) in [5.41, 5.74) is 0.803. The first-order valence-corrected chi connectivity index (χ1v) is 10.4. The number of rotatable bonds is 11. The first kappa shape index (κ1) is 23.7. The smallest absolute Gasteiger partial charge is 0.191 e. The monoisotopic (exact) mass is 416 g/mol. The number of ether oxygens (including phenoxy) is 1. The number of aliphatic imine (C=N–C) groups is 1. The minimum atomic E-state index is -1.05. The molecule has 1 heterocycles. The summed E-state index contributed by atoms with van der Waals surface area (Å²) in [5, 5.41) is 21.3. The lowest BCUT2D eigenvalue weighted by Crippen LogP contribution is -2.44. The van der Waals surface area contributed by atoms with Crippen LogP contribution in [0.1, 0.15) is 31.4 Å². The molecule has 3 N–H and O–H groups in total. The maximum atomic E-state index is 10.7. The van der Waals surface area contributed by atoms with Gasteiger partial charge >= 0.3 is 0 Å². The second-order valence-corrected chi connectivity index (χ2v) is 7.87. The zero-order valence-electron chi connectivity index (χ0n) is 18.9. The summed E-state index contributed by atoms with van der Waals surface area (Å²) >= 11 is 0. The lowest BCUT2D eigenvalue weighted by Gasteiger charge is -2.23. The molecule has 1 aromatic heterocycles. The van der Waals surface area contributed by atoms with Gasteiger partial charge in [-0.15, -0.1) is 0 Å². The van der Waals surface area contributed by atoms with Crippen LogP contribution in [0.4, 0.5) is 0 Å². The first-order valence-electron chi connectivity index (χ1n) is 10.4. The molecule has 0 radical (unpaired) electrons. The average molecular weight is 417 g/mol. The number of aromatic nitrogens is 2. The Morgan fingerprint density at radius 1 is 1.27 bits per heavy atom. The van der Waals surface area contributed by atoms with Gasteiger partial charge in [0.05, 0.1) is 25.9 Å². The van der Waals surface area contributed by atoms with Crippen molar-refractivity contribution in [2.45, 2.75) is 32.4 Å². The van der Waals surface area contributed by atoms with Gasteiger partial charge in [-0.25, -0.2) is 4.99 Å². The molecular formula is C22H36N6O2. The SMILES string of the molecule is CCNC(=NCc1ccc(OCCCN(C)C)cc1)NCC(C)(O)c1cnn(C)c1. The number of nitrogens with one attached hydrogen (secondary N) is 2. The molecule has 0 fully saturated rings. The van der Waals surface area contributed by atoms with Crippen molar-refractivity contribution in [1.29, 1.82) is 0 Å². The summed E-state index contributed by atoms with van der Waals surface area (Å²) in [5.74, 6) is 1.53. The number of guanidine groups is 1. The van der Waals surface area contributed by atoms with Crippen molar-refractivity contribution in [2.75, 3.05) is 40.3 Å². The topological polar surface area (TPSA) is 86.9 Å². The predicted molar refractivity (Wildman–Crippen MR) is 121 cm³/mol. The molecule has 0 spiro atoms. The summed E-state index contributed by atoms with van der Waals surface area (Å²) in [6.45, 7) is 7.09. The van der Waals surface area contributed by atoms with Gasteiger partial charge in [0.15, 0.2) is 5.96 Å². The highest BCUT2D eigenvalue weighted by atomic mass is 16.5. The van der Waals surface area contributed by atoms with E-state index in [1.54, 1.807) is 17.8 Å². The molecule has 30 heavy (non-hydrogen) atoms. The molecule has 0 aliphatic rings. The summed E-state index contributed by atoms with van der Waals surface area (Å²) < 4.78 is 7.45. The minimum absolute atomic E-state index is 0.324. The van der Waals surface area contributed by atoms with E-state index >= 15 is 0 Å². The molecule has 0 bridgehead atoms. The Labute approximate surface area is 180 Å². The summed E-state index contributed by atoms with van der Waals surface area (Å²) in [6, 6.07) is 8.02. The Morgan fingerprint density at radius 2 is 2.00 bits per heavy atom. The van der Waals surface area contributed by atoms with Gasteiger partial charge in [0.25, 0.3) is 0 Å². The van der Waals surface area contributed by atoms with E-state index in [4.69, 9.17) is 4.74 Å². The highest BCUT2D eigenvalue weighted by Gasteiger charge is 2.24. The van der Waals surface area contributed by atoms with Gasteiger partial charge in [-0.05, 0) is 52.1 Å². The maximum Gasteiger partial charge on any atom is 0.191 e. The van der Waals surface area contributed by atoms with E-state index < -0.39 is 5.60 Å². The largest absolute Gasteiger partial charge is 0.494 e. The molecule has 1 atom stereocenters. The quantitative estimate of drug-likeness (QED) is 0.294. The van der Waals surface area contributed by atoms with Crippen LogP contribution >= 0.6 is 0 Å². The average Bonchev–Trinajstić information content (AvgIpc) is 3.15. The van der Waals surface area contributed by atoms with Crippen LogP contribution in [-0.4, -0.2) is 66.1 Å². The van der Waals surface area contributed by atoms with Crippen molar-refractivity contribution < 1.29 is 9.84 Å². The standard InChI is InChI=1S/C22H36N6O2/c1-6-23-21(25-17-22(2,29)19-15-26-28(5)16-19)24-14-18-8-10-20(11-9-18)30-13-7-12-27(3)4/h8-11,15-16,29H,6-7,12-14,17H2,1-5H3,(H2,23,24,25). The molecule has 1 aromatic carbocycles. The molecule has 8 nitrogen and oxygen atoms in total. The Kier molecular flexibility index (Phi) is 9.14. The molecule has 166 valence electrons. The minimum Gasteiger partial charge on any atom is -0.494 e. The van der Waals surface area contributed by atoms with Crippen LogP contribution in [0.25, 0.3) is 0 Å². The van der Waals surface area contributed by atoms with Gasteiger partial charge in [0.2, 0.25) is 0 Å². The van der Waals surface area contributed by atoms with Crippen LogP contribution in [0.3, 0.4) is 0 Å². The van der Waals surface area contributed by atoms with Crippen molar-refractivity contribution in [2.24, 2.45) is 12.0 Å². The van der Waals surface area contributed by atoms with Gasteiger partial charge in [0.1, 0.15) is 11.4 Å². The molecule has 0 amide bonds. The molecule has 0 saturated heterocycles. The van der Waals surface area contributed by atoms with Gasteiger partial charge in [0, 0.05) is 31.9 Å². The van der Waals surface area contributed by atoms with Gasteiger partial charge in [-0.3, -0.25) is 4.68 Å². The summed E-state index contributed by atoms with van der Waals surface area (Å²) in [6.07, 6.45) is 4.49. The molecule has 0 saturated carbocycles. The van der Waals surface area contributed by atoms with Gasteiger partial charge in [-0.1, -0.05) is 12.1 Å². The fraction of sp³-hybridized carbons (Fsp3) is 0.545. The fourth-order valence-corrected chi connectivity index (χ4v) is 2.83. The van der Waals surface area contributed by atoms with Crippen LogP contribution in [0.5, 0.6) is 5.75 Å². The van der Waals surface area contributed by atoms with Crippen molar-refractivity contribution in [1.82, 2.24) is 25.3 Å². The third kappa shape index (κ3) is 8.04. The van der Waals surface area contributed by atoms with Crippen LogP contribution in [0, 0.1) is 0 Å². The number of nitrogens with zero attached hydrogens (tertiary/aromatic N) is 4. The van der Waals surface area contributed by atoms with E-state index in [9.17, 15) is 5.11 Å². The molecule has 1 unspecified atom stereocenters. The van der Waals surface area contributed by atoms with E-state index in [0.29, 0.717) is 25.7 Å². The van der Waals surface area contributed by atoms with E-state index in [0.717, 1.165) is 36.4 Å². The number of aliphatic hydroxyl groups is 1. The Balaban J connectivity index is 1.87. The third-order valence-corrected chi connectivity index (χ3v) is 4.63. The van der Waals surface area contributed by atoms with Crippen LogP contribution in [-0.2, 0) is 19.2 Å². The fourth-order valence-electron chi connectivity index (χ4n) is 2.83. The summed E-state index contributed by atoms with van der Waals surface area (Å²) in [7, 11) is 5.95. The number of benzene rings is 1. The Bertz CT molecular complexity index is 783. The lowest BCUT2D eigenvalue weighted by molar-refractivity contribution is 0.0616. The normalized spacial score (nSPS) is 13.9. The maximum absolute atomic E-state index is 10.7. The Hall–Kier alpha value is -2.58. The van der Waals surface area contributed by atoms with E-state index in [1.807, 2.05) is 44.4 Å². The van der Waals surface area contributed by atoms with Crippen LogP contribution in [0.2, 0.25) is 0 Å². The van der Waals surface area contributed by atoms with Crippen LogP contribution in [0.15, 0.2) is 41.7 Å². The third-order valence-electron chi connectivity index (χ3n) is 4.63. The zero-order valence-corrected chi connectivity index (χ0v) is 18.9. The zero-order chi connectivity index (χ0) is 22.0. The highest BCUT2D eigenvalue weighted by molar-refractivity contribution is 5.79. The highest BCUT2D eigenvalue weighted by Crippen LogP contribution is 2.18. The van der Waals surface area contributed by atoms with Gasteiger partial charge < -0.3 is 25.4 Å². The molecule has 0 aliphatic carbocycles. The lowest BCUT2D eigenvalue weighted by atomic mass is 10.00. The molecule has 2 aromatic rings. The molecular weight excluding hydrogens is 380 g/mol. The first-order chi connectivity index (χ1) is 14.3. The van der Waals surface area contributed by atoms with Crippen molar-refractivity contribution in [3.63, 3.8) is 0 Å².